The van der Waals surface area contributed by atoms with Crippen molar-refractivity contribution in [3.05, 3.63) is 29.8 Å². The molecule has 24 heavy (non-hydrogen) atoms. The fourth-order valence-electron chi connectivity index (χ4n) is 3.04. The van der Waals surface area contributed by atoms with Crippen LogP contribution in [0.3, 0.4) is 0 Å². The summed E-state index contributed by atoms with van der Waals surface area (Å²) in [5.74, 6) is 0.510. The highest BCUT2D eigenvalue weighted by atomic mass is 32.2. The smallest absolute Gasteiger partial charge is 0.251 e. The monoisotopic (exact) mass is 352 g/mol. The van der Waals surface area contributed by atoms with E-state index in [4.69, 9.17) is 0 Å². The first-order valence-electron chi connectivity index (χ1n) is 8.75. The van der Waals surface area contributed by atoms with Gasteiger partial charge in [0.25, 0.3) is 5.91 Å². The highest BCUT2D eigenvalue weighted by molar-refractivity contribution is 7.89. The number of sulfonamides is 1. The van der Waals surface area contributed by atoms with Crippen LogP contribution in [-0.4, -0.2) is 26.4 Å². The van der Waals surface area contributed by atoms with Crippen molar-refractivity contribution in [2.75, 3.05) is 0 Å². The van der Waals surface area contributed by atoms with Crippen molar-refractivity contribution in [1.82, 2.24) is 10.0 Å². The summed E-state index contributed by atoms with van der Waals surface area (Å²) >= 11 is 0. The van der Waals surface area contributed by atoms with Gasteiger partial charge in [-0.3, -0.25) is 4.79 Å². The normalized spacial score (nSPS) is 22.8. The van der Waals surface area contributed by atoms with Crippen molar-refractivity contribution >= 4 is 15.9 Å². The molecule has 134 valence electrons. The zero-order chi connectivity index (χ0) is 17.7. The van der Waals surface area contributed by atoms with Crippen molar-refractivity contribution in [3.8, 4) is 0 Å². The lowest BCUT2D eigenvalue weighted by Crippen LogP contribution is -2.38. The molecule has 0 bridgehead atoms. The van der Waals surface area contributed by atoms with Crippen LogP contribution in [0.25, 0.3) is 0 Å². The average Bonchev–Trinajstić information content (AvgIpc) is 2.54. The third kappa shape index (κ3) is 5.05. The minimum atomic E-state index is -3.53. The summed E-state index contributed by atoms with van der Waals surface area (Å²) in [5.41, 5.74) is 0.496. The van der Waals surface area contributed by atoms with Gasteiger partial charge >= 0.3 is 0 Å². The summed E-state index contributed by atoms with van der Waals surface area (Å²) in [6.07, 6.45) is 5.12. The van der Waals surface area contributed by atoms with Gasteiger partial charge in [0, 0.05) is 17.6 Å². The molecule has 1 aromatic rings. The number of hydrogen-bond acceptors (Lipinski definition) is 3. The van der Waals surface area contributed by atoms with Gasteiger partial charge in [0.15, 0.2) is 0 Å². The van der Waals surface area contributed by atoms with E-state index >= 15 is 0 Å². The first kappa shape index (κ1) is 18.9. The Labute approximate surface area is 145 Å². The SMILES string of the molecule is CC[C@H](C)NS(=O)(=O)c1ccc(C(=O)N[C@H]2CCC[C@H](C)C2)cc1. The Kier molecular flexibility index (Phi) is 6.40. The van der Waals surface area contributed by atoms with Crippen LogP contribution in [0.15, 0.2) is 29.2 Å². The van der Waals surface area contributed by atoms with Crippen LogP contribution in [0.5, 0.6) is 0 Å². The number of nitrogens with one attached hydrogen (secondary N) is 2. The summed E-state index contributed by atoms with van der Waals surface area (Å²) < 4.78 is 27.1. The van der Waals surface area contributed by atoms with Gasteiger partial charge < -0.3 is 5.32 Å². The molecule has 0 unspecified atom stereocenters. The minimum Gasteiger partial charge on any atom is -0.349 e. The summed E-state index contributed by atoms with van der Waals surface area (Å²) in [6.45, 7) is 5.96. The van der Waals surface area contributed by atoms with Crippen LogP contribution in [0, 0.1) is 5.92 Å². The van der Waals surface area contributed by atoms with E-state index in [0.29, 0.717) is 11.5 Å². The Morgan fingerprint density at radius 3 is 2.50 bits per heavy atom. The fourth-order valence-corrected chi connectivity index (χ4v) is 4.36. The maximum Gasteiger partial charge on any atom is 0.251 e. The molecule has 0 spiro atoms. The van der Waals surface area contributed by atoms with E-state index in [1.165, 1.54) is 18.6 Å². The number of rotatable bonds is 6. The van der Waals surface area contributed by atoms with Crippen molar-refractivity contribution in [1.29, 1.82) is 0 Å². The lowest BCUT2D eigenvalue weighted by atomic mass is 9.87. The Morgan fingerprint density at radius 2 is 1.92 bits per heavy atom. The molecule has 0 aromatic heterocycles. The van der Waals surface area contributed by atoms with Crippen LogP contribution in [0.1, 0.15) is 63.2 Å². The molecule has 0 aliphatic heterocycles. The van der Waals surface area contributed by atoms with Gasteiger partial charge in [-0.15, -0.1) is 0 Å². The second-order valence-electron chi connectivity index (χ2n) is 6.90. The second-order valence-corrected chi connectivity index (χ2v) is 8.61. The molecule has 1 aliphatic rings. The molecule has 2 N–H and O–H groups in total. The third-order valence-electron chi connectivity index (χ3n) is 4.67. The molecule has 5 nitrogen and oxygen atoms in total. The quantitative estimate of drug-likeness (QED) is 0.826. The van der Waals surface area contributed by atoms with E-state index < -0.39 is 10.0 Å². The Morgan fingerprint density at radius 1 is 1.25 bits per heavy atom. The predicted octanol–water partition coefficient (Wildman–Crippen LogP) is 3.07. The standard InChI is InChI=1S/C18H28N2O3S/c1-4-14(3)20-24(22,23)17-10-8-15(9-11-17)18(21)19-16-7-5-6-13(2)12-16/h8-11,13-14,16,20H,4-7,12H2,1-3H3,(H,19,21)/t13-,14-,16-/m0/s1. The van der Waals surface area contributed by atoms with Crippen LogP contribution in [0.2, 0.25) is 0 Å². The molecule has 1 fully saturated rings. The Hall–Kier alpha value is -1.40. The van der Waals surface area contributed by atoms with E-state index in [1.54, 1.807) is 12.1 Å². The van der Waals surface area contributed by atoms with Gasteiger partial charge in [-0.25, -0.2) is 13.1 Å². The van der Waals surface area contributed by atoms with Crippen LogP contribution in [0.4, 0.5) is 0 Å². The lowest BCUT2D eigenvalue weighted by molar-refractivity contribution is 0.0921. The molecule has 2 rings (SSSR count). The highest BCUT2D eigenvalue weighted by Crippen LogP contribution is 2.23. The summed E-state index contributed by atoms with van der Waals surface area (Å²) in [4.78, 5) is 12.5. The summed E-state index contributed by atoms with van der Waals surface area (Å²) in [7, 11) is -3.53. The topological polar surface area (TPSA) is 75.3 Å². The van der Waals surface area contributed by atoms with E-state index in [-0.39, 0.29) is 22.9 Å². The van der Waals surface area contributed by atoms with E-state index in [0.717, 1.165) is 25.7 Å². The largest absolute Gasteiger partial charge is 0.349 e. The van der Waals surface area contributed by atoms with E-state index in [2.05, 4.69) is 17.0 Å². The van der Waals surface area contributed by atoms with Crippen LogP contribution in [-0.2, 0) is 10.0 Å². The fraction of sp³-hybridized carbons (Fsp3) is 0.611. The van der Waals surface area contributed by atoms with Crippen molar-refractivity contribution in [2.45, 2.75) is 69.9 Å². The van der Waals surface area contributed by atoms with Gasteiger partial charge in [0.05, 0.1) is 4.90 Å². The number of carbonyl (C=O) groups excluding carboxylic acids is 1. The van der Waals surface area contributed by atoms with Gasteiger partial charge in [0.2, 0.25) is 10.0 Å². The molecule has 3 atom stereocenters. The maximum absolute atomic E-state index is 12.3. The zero-order valence-electron chi connectivity index (χ0n) is 14.7. The maximum atomic E-state index is 12.3. The number of benzene rings is 1. The molecular weight excluding hydrogens is 324 g/mol. The molecule has 0 heterocycles. The molecule has 6 heteroatoms. The van der Waals surface area contributed by atoms with Crippen molar-refractivity contribution in [3.63, 3.8) is 0 Å². The first-order valence-corrected chi connectivity index (χ1v) is 10.2. The second kappa shape index (κ2) is 8.12. The van der Waals surface area contributed by atoms with Crippen LogP contribution < -0.4 is 10.0 Å². The lowest BCUT2D eigenvalue weighted by Gasteiger charge is -2.27. The number of amides is 1. The zero-order valence-corrected chi connectivity index (χ0v) is 15.5. The molecule has 0 radical (unpaired) electrons. The summed E-state index contributed by atoms with van der Waals surface area (Å²) in [6, 6.07) is 6.23. The van der Waals surface area contributed by atoms with Crippen LogP contribution >= 0.6 is 0 Å². The Balaban J connectivity index is 2.02. The van der Waals surface area contributed by atoms with E-state index in [1.807, 2.05) is 13.8 Å². The molecular formula is C18H28N2O3S. The van der Waals surface area contributed by atoms with Gasteiger partial charge in [-0.05, 0) is 56.4 Å². The van der Waals surface area contributed by atoms with Crippen molar-refractivity contribution in [2.24, 2.45) is 5.92 Å². The predicted molar refractivity (Wildman–Crippen MR) is 95.4 cm³/mol. The summed E-state index contributed by atoms with van der Waals surface area (Å²) in [5, 5.41) is 3.06. The molecule has 1 amide bonds. The molecule has 1 aliphatic carbocycles. The Bertz CT molecular complexity index is 655. The first-order chi connectivity index (χ1) is 11.3. The average molecular weight is 353 g/mol. The van der Waals surface area contributed by atoms with Gasteiger partial charge in [-0.1, -0.05) is 26.7 Å². The minimum absolute atomic E-state index is 0.119. The molecule has 0 saturated heterocycles. The van der Waals surface area contributed by atoms with E-state index in [9.17, 15) is 13.2 Å². The highest BCUT2D eigenvalue weighted by Gasteiger charge is 2.21. The number of carbonyl (C=O) groups is 1. The third-order valence-corrected chi connectivity index (χ3v) is 6.27. The number of hydrogen-bond donors (Lipinski definition) is 2. The van der Waals surface area contributed by atoms with Crippen molar-refractivity contribution < 1.29 is 13.2 Å². The molecule has 1 aromatic carbocycles. The van der Waals surface area contributed by atoms with Gasteiger partial charge in [0.1, 0.15) is 0 Å². The molecule has 1 saturated carbocycles. The van der Waals surface area contributed by atoms with Gasteiger partial charge in [-0.2, -0.15) is 0 Å².